The zero-order valence-electron chi connectivity index (χ0n) is 14.2. The van der Waals surface area contributed by atoms with Crippen LogP contribution in [-0.2, 0) is 5.41 Å². The van der Waals surface area contributed by atoms with E-state index in [0.29, 0.717) is 6.04 Å². The van der Waals surface area contributed by atoms with Crippen molar-refractivity contribution in [2.45, 2.75) is 51.5 Å². The fraction of sp³-hybridized carbons (Fsp3) is 0.381. The summed E-state index contributed by atoms with van der Waals surface area (Å²) in [6.45, 7) is 7.09. The lowest BCUT2D eigenvalue weighted by atomic mass is 9.66. The molecule has 1 nitrogen and oxygen atoms in total. The Balaban J connectivity index is 2.16. The van der Waals surface area contributed by atoms with Crippen LogP contribution in [0, 0.1) is 0 Å². The molecule has 0 saturated carbocycles. The second kappa shape index (κ2) is 5.45. The van der Waals surface area contributed by atoms with E-state index in [1.54, 1.807) is 5.56 Å². The molecule has 1 aliphatic heterocycles. The van der Waals surface area contributed by atoms with Crippen molar-refractivity contribution in [3.8, 4) is 10.6 Å². The van der Waals surface area contributed by atoms with Crippen molar-refractivity contribution in [3.63, 3.8) is 0 Å². The molecule has 0 fully saturated rings. The number of aromatic nitrogens is 1. The van der Waals surface area contributed by atoms with E-state index < -0.39 is 0 Å². The first-order chi connectivity index (χ1) is 11.3. The van der Waals surface area contributed by atoms with E-state index in [0.717, 1.165) is 0 Å². The predicted molar refractivity (Wildman–Crippen MR) is 99.0 cm³/mol. The van der Waals surface area contributed by atoms with Gasteiger partial charge >= 0.3 is 0 Å². The van der Waals surface area contributed by atoms with E-state index in [9.17, 15) is 0 Å². The molecule has 0 N–H and O–H groups in total. The molecule has 1 unspecified atom stereocenters. The Hall–Kier alpha value is -1.67. The van der Waals surface area contributed by atoms with Crippen LogP contribution in [0.5, 0.6) is 0 Å². The molecular formula is C21H24NS+. The van der Waals surface area contributed by atoms with Gasteiger partial charge < -0.3 is 0 Å². The lowest BCUT2D eigenvalue weighted by Crippen LogP contribution is -2.54. The highest BCUT2D eigenvalue weighted by Crippen LogP contribution is 2.54. The Morgan fingerprint density at radius 1 is 1.00 bits per heavy atom. The highest BCUT2D eigenvalue weighted by Gasteiger charge is 2.50. The number of fused-ring (bicyclic) bond motifs is 5. The highest BCUT2D eigenvalue weighted by molar-refractivity contribution is 7.22. The van der Waals surface area contributed by atoms with E-state index in [1.807, 2.05) is 11.3 Å². The third-order valence-electron chi connectivity index (χ3n) is 5.84. The van der Waals surface area contributed by atoms with Crippen LogP contribution in [0.4, 0.5) is 0 Å². The topological polar surface area (TPSA) is 3.88 Å². The minimum atomic E-state index is 0.239. The van der Waals surface area contributed by atoms with E-state index in [4.69, 9.17) is 0 Å². The Bertz CT molecular complexity index is 857. The number of nitrogens with zero attached hydrogens (tertiary/aromatic N) is 1. The van der Waals surface area contributed by atoms with Crippen molar-refractivity contribution >= 4 is 21.4 Å². The van der Waals surface area contributed by atoms with Crippen LogP contribution in [0.15, 0.2) is 48.7 Å². The molecule has 0 bridgehead atoms. The summed E-state index contributed by atoms with van der Waals surface area (Å²) in [7, 11) is 0. The summed E-state index contributed by atoms with van der Waals surface area (Å²) in [6.07, 6.45) is 5.85. The van der Waals surface area contributed by atoms with Crippen LogP contribution in [-0.4, -0.2) is 0 Å². The normalized spacial score (nSPS) is 18.7. The highest BCUT2D eigenvalue weighted by atomic mass is 32.1. The maximum absolute atomic E-state index is 2.55. The maximum Gasteiger partial charge on any atom is 0.223 e. The molecule has 118 valence electrons. The van der Waals surface area contributed by atoms with Gasteiger partial charge in [0.05, 0.1) is 5.41 Å². The zero-order valence-corrected chi connectivity index (χ0v) is 15.0. The number of rotatable bonds is 3. The molecule has 23 heavy (non-hydrogen) atoms. The second-order valence-corrected chi connectivity index (χ2v) is 7.63. The average Bonchev–Trinajstić information content (AvgIpc) is 3.01. The minimum Gasteiger partial charge on any atom is -0.194 e. The van der Waals surface area contributed by atoms with Gasteiger partial charge in [0.2, 0.25) is 5.69 Å². The number of pyridine rings is 1. The third kappa shape index (κ3) is 1.88. The molecule has 0 saturated heterocycles. The Labute approximate surface area is 142 Å². The van der Waals surface area contributed by atoms with Crippen LogP contribution in [0.1, 0.15) is 51.6 Å². The second-order valence-electron chi connectivity index (χ2n) is 6.58. The molecule has 2 aromatic heterocycles. The summed E-state index contributed by atoms with van der Waals surface area (Å²) in [5.74, 6) is 0. The van der Waals surface area contributed by atoms with Gasteiger partial charge in [0.1, 0.15) is 4.88 Å². The summed E-state index contributed by atoms with van der Waals surface area (Å²) in [5, 5.41) is 1.48. The number of hydrogen-bond acceptors (Lipinski definition) is 1. The van der Waals surface area contributed by atoms with E-state index in [1.165, 1.54) is 39.9 Å². The van der Waals surface area contributed by atoms with Gasteiger partial charge in [-0.2, -0.15) is 4.57 Å². The number of thiophene rings is 1. The van der Waals surface area contributed by atoms with Gasteiger partial charge in [-0.3, -0.25) is 0 Å². The Morgan fingerprint density at radius 2 is 1.74 bits per heavy atom. The fourth-order valence-corrected chi connectivity index (χ4v) is 6.08. The molecule has 0 aliphatic carbocycles. The van der Waals surface area contributed by atoms with Gasteiger partial charge in [0, 0.05) is 23.3 Å². The number of benzene rings is 1. The smallest absolute Gasteiger partial charge is 0.194 e. The molecule has 0 spiro atoms. The molecule has 4 rings (SSSR count). The van der Waals surface area contributed by atoms with Crippen molar-refractivity contribution < 1.29 is 4.57 Å². The Kier molecular flexibility index (Phi) is 3.53. The van der Waals surface area contributed by atoms with Crippen molar-refractivity contribution in [3.05, 3.63) is 54.2 Å². The summed E-state index contributed by atoms with van der Waals surface area (Å²) in [4.78, 5) is 1.49. The van der Waals surface area contributed by atoms with Crippen LogP contribution in [0.3, 0.4) is 0 Å². The molecule has 0 radical (unpaired) electrons. The fourth-order valence-electron chi connectivity index (χ4n) is 4.74. The molecule has 0 amide bonds. The third-order valence-corrected chi connectivity index (χ3v) is 7.03. The van der Waals surface area contributed by atoms with Crippen molar-refractivity contribution in [2.24, 2.45) is 0 Å². The van der Waals surface area contributed by atoms with Crippen LogP contribution < -0.4 is 4.57 Å². The average molecular weight is 322 g/mol. The van der Waals surface area contributed by atoms with Gasteiger partial charge in [-0.25, -0.2) is 0 Å². The molecular weight excluding hydrogens is 298 g/mol. The summed E-state index contributed by atoms with van der Waals surface area (Å²) in [5.41, 5.74) is 3.25. The zero-order chi connectivity index (χ0) is 16.0. The largest absolute Gasteiger partial charge is 0.223 e. The van der Waals surface area contributed by atoms with E-state index >= 15 is 0 Å². The number of hydrogen-bond donors (Lipinski definition) is 0. The van der Waals surface area contributed by atoms with Crippen molar-refractivity contribution in [1.29, 1.82) is 0 Å². The predicted octanol–water partition coefficient (Wildman–Crippen LogP) is 5.88. The molecule has 3 aromatic rings. The molecule has 3 heterocycles. The maximum atomic E-state index is 2.55. The Morgan fingerprint density at radius 3 is 2.48 bits per heavy atom. The van der Waals surface area contributed by atoms with Crippen molar-refractivity contribution in [2.75, 3.05) is 0 Å². The van der Waals surface area contributed by atoms with E-state index in [-0.39, 0.29) is 5.41 Å². The van der Waals surface area contributed by atoms with Gasteiger partial charge in [0.25, 0.3) is 0 Å². The van der Waals surface area contributed by atoms with Gasteiger partial charge in [0.15, 0.2) is 12.2 Å². The standard InChI is InChI=1S/C21H24NS/c1-4-18-21(5-2,6-3)19-15-11-7-8-13-17(15)23-20(19)16-12-9-10-14-22(16)18/h7-14,18H,4-6H2,1-3H3/q+1. The molecule has 2 heteroatoms. The molecule has 1 aromatic carbocycles. The molecule has 1 atom stereocenters. The van der Waals surface area contributed by atoms with E-state index in [2.05, 4.69) is 74.0 Å². The van der Waals surface area contributed by atoms with Crippen LogP contribution >= 0.6 is 11.3 Å². The van der Waals surface area contributed by atoms with Gasteiger partial charge in [-0.15, -0.1) is 11.3 Å². The molecule has 1 aliphatic rings. The van der Waals surface area contributed by atoms with Crippen LogP contribution in [0.2, 0.25) is 0 Å². The first-order valence-corrected chi connectivity index (χ1v) is 9.61. The SMILES string of the molecule is CCC1[n+]2ccccc2-c2sc3ccccc3c2C1(CC)CC. The van der Waals surface area contributed by atoms with Gasteiger partial charge in [-0.05, 0) is 35.9 Å². The minimum absolute atomic E-state index is 0.239. The summed E-state index contributed by atoms with van der Waals surface area (Å²) in [6, 6.07) is 16.2. The summed E-state index contributed by atoms with van der Waals surface area (Å²) < 4.78 is 3.97. The lowest BCUT2D eigenvalue weighted by Gasteiger charge is -2.39. The van der Waals surface area contributed by atoms with Crippen LogP contribution in [0.25, 0.3) is 20.7 Å². The first kappa shape index (κ1) is 14.9. The van der Waals surface area contributed by atoms with Gasteiger partial charge in [-0.1, -0.05) is 39.0 Å². The first-order valence-electron chi connectivity index (χ1n) is 8.79. The quantitative estimate of drug-likeness (QED) is 0.530. The summed E-state index contributed by atoms with van der Waals surface area (Å²) >= 11 is 1.97. The lowest BCUT2D eigenvalue weighted by molar-refractivity contribution is -0.725. The van der Waals surface area contributed by atoms with Crippen molar-refractivity contribution in [1.82, 2.24) is 0 Å². The monoisotopic (exact) mass is 322 g/mol.